The third-order valence-corrected chi connectivity index (χ3v) is 3.56. The maximum Gasteiger partial charge on any atom is 0.234 e. The van der Waals surface area contributed by atoms with Crippen LogP contribution in [0.2, 0.25) is 0 Å². The van der Waals surface area contributed by atoms with Gasteiger partial charge in [0.1, 0.15) is 5.01 Å². The van der Waals surface area contributed by atoms with Crippen LogP contribution >= 0.6 is 11.3 Å². The lowest BCUT2D eigenvalue weighted by atomic mass is 10.1. The molecule has 2 heterocycles. The van der Waals surface area contributed by atoms with Gasteiger partial charge < -0.3 is 4.84 Å². The fourth-order valence-electron chi connectivity index (χ4n) is 1.76. The highest BCUT2D eigenvalue weighted by molar-refractivity contribution is 7.16. The lowest BCUT2D eigenvalue weighted by Crippen LogP contribution is -2.00. The molecule has 0 aliphatic carbocycles. The molecule has 102 valence electrons. The number of rotatable bonds is 4. The average Bonchev–Trinajstić information content (AvgIpc) is 3.00. The van der Waals surface area contributed by atoms with Gasteiger partial charge >= 0.3 is 0 Å². The zero-order valence-electron chi connectivity index (χ0n) is 11.1. The molecular weight excluding hydrogens is 274 g/mol. The third kappa shape index (κ3) is 2.53. The van der Waals surface area contributed by atoms with Crippen molar-refractivity contribution >= 4 is 22.0 Å². The van der Waals surface area contributed by atoms with Crippen LogP contribution in [0.15, 0.2) is 35.5 Å². The molecule has 3 rings (SSSR count). The number of hydrogen-bond donors (Lipinski definition) is 0. The second-order valence-corrected chi connectivity index (χ2v) is 5.41. The van der Waals surface area contributed by atoms with Crippen LogP contribution in [0.4, 0.5) is 0 Å². The normalized spacial score (nSPS) is 12.0. The van der Waals surface area contributed by atoms with Crippen molar-refractivity contribution in [3.63, 3.8) is 0 Å². The Kier molecular flexibility index (Phi) is 3.42. The number of hydrogen-bond acceptors (Lipinski definition) is 6. The Bertz CT molecular complexity index is 747. The molecule has 0 unspecified atom stereocenters. The van der Waals surface area contributed by atoms with Crippen molar-refractivity contribution in [2.45, 2.75) is 20.5 Å². The number of fused-ring (bicyclic) bond motifs is 1. The Hall–Kier alpha value is -2.28. The van der Waals surface area contributed by atoms with E-state index in [1.54, 1.807) is 4.52 Å². The van der Waals surface area contributed by atoms with Crippen LogP contribution in [0.3, 0.4) is 0 Å². The Labute approximate surface area is 119 Å². The summed E-state index contributed by atoms with van der Waals surface area (Å²) in [5.74, 6) is 0.647. The summed E-state index contributed by atoms with van der Waals surface area (Å²) in [4.78, 5) is 6.11. The summed E-state index contributed by atoms with van der Waals surface area (Å²) < 4.78 is 1.69. The highest BCUT2D eigenvalue weighted by Gasteiger charge is 2.09. The van der Waals surface area contributed by atoms with Crippen LogP contribution in [0.1, 0.15) is 23.3 Å². The summed E-state index contributed by atoms with van der Waals surface area (Å²) in [6.07, 6.45) is 0. The Morgan fingerprint density at radius 3 is 2.90 bits per heavy atom. The fourth-order valence-corrected chi connectivity index (χ4v) is 2.46. The molecule has 1 aromatic carbocycles. The number of nitrogens with zero attached hydrogens (tertiary/aromatic N) is 5. The predicted molar refractivity (Wildman–Crippen MR) is 76.8 cm³/mol. The van der Waals surface area contributed by atoms with Crippen molar-refractivity contribution < 1.29 is 4.84 Å². The van der Waals surface area contributed by atoms with Crippen molar-refractivity contribution in [2.75, 3.05) is 0 Å². The minimum absolute atomic E-state index is 0.245. The van der Waals surface area contributed by atoms with Crippen molar-refractivity contribution in [1.29, 1.82) is 0 Å². The van der Waals surface area contributed by atoms with Crippen molar-refractivity contribution in [3.05, 3.63) is 46.7 Å². The van der Waals surface area contributed by atoms with Gasteiger partial charge in [0.2, 0.25) is 4.96 Å². The molecule has 20 heavy (non-hydrogen) atoms. The van der Waals surface area contributed by atoms with E-state index in [0.717, 1.165) is 21.2 Å². The Morgan fingerprint density at radius 2 is 2.10 bits per heavy atom. The molecule has 0 spiro atoms. The van der Waals surface area contributed by atoms with E-state index in [9.17, 15) is 0 Å². The van der Waals surface area contributed by atoms with Crippen LogP contribution in [0.25, 0.3) is 4.96 Å². The van der Waals surface area contributed by atoms with Crippen molar-refractivity contribution in [3.8, 4) is 0 Å². The molecule has 0 N–H and O–H groups in total. The average molecular weight is 287 g/mol. The summed E-state index contributed by atoms with van der Waals surface area (Å²) in [5.41, 5.74) is 1.85. The molecule has 0 aliphatic heterocycles. The molecule has 0 saturated heterocycles. The first-order valence-corrected chi connectivity index (χ1v) is 6.95. The maximum absolute atomic E-state index is 5.34. The SMILES string of the molecule is C/C(=N\OCc1nnc2sc(C)nn12)c1ccccc1. The quantitative estimate of drug-likeness (QED) is 0.546. The van der Waals surface area contributed by atoms with E-state index in [2.05, 4.69) is 20.5 Å². The molecule has 3 aromatic rings. The van der Waals surface area contributed by atoms with Gasteiger partial charge in [0.15, 0.2) is 12.4 Å². The zero-order valence-corrected chi connectivity index (χ0v) is 12.0. The first-order chi connectivity index (χ1) is 9.74. The van der Waals surface area contributed by atoms with Crippen molar-refractivity contribution in [2.24, 2.45) is 5.16 Å². The van der Waals surface area contributed by atoms with Gasteiger partial charge in [-0.25, -0.2) is 0 Å². The summed E-state index contributed by atoms with van der Waals surface area (Å²) in [7, 11) is 0. The molecule has 7 heteroatoms. The van der Waals surface area contributed by atoms with Crippen LogP contribution in [-0.4, -0.2) is 25.5 Å². The molecule has 0 radical (unpaired) electrons. The molecule has 2 aromatic heterocycles. The monoisotopic (exact) mass is 287 g/mol. The van der Waals surface area contributed by atoms with Crippen molar-refractivity contribution in [1.82, 2.24) is 19.8 Å². The van der Waals surface area contributed by atoms with Gasteiger partial charge in [0.25, 0.3) is 0 Å². The molecule has 0 fully saturated rings. The third-order valence-electron chi connectivity index (χ3n) is 2.74. The maximum atomic E-state index is 5.34. The Balaban J connectivity index is 1.70. The van der Waals surface area contributed by atoms with E-state index in [1.807, 2.05) is 44.2 Å². The van der Waals surface area contributed by atoms with E-state index in [1.165, 1.54) is 11.3 Å². The first kappa shape index (κ1) is 12.7. The molecule has 0 atom stereocenters. The number of benzene rings is 1. The van der Waals surface area contributed by atoms with E-state index in [-0.39, 0.29) is 6.61 Å². The Morgan fingerprint density at radius 1 is 1.30 bits per heavy atom. The van der Waals surface area contributed by atoms with E-state index >= 15 is 0 Å². The number of aryl methyl sites for hydroxylation is 1. The fraction of sp³-hybridized carbons (Fsp3) is 0.231. The van der Waals surface area contributed by atoms with Crippen LogP contribution < -0.4 is 0 Å². The van der Waals surface area contributed by atoms with Gasteiger partial charge in [-0.15, -0.1) is 10.2 Å². The summed E-state index contributed by atoms with van der Waals surface area (Å²) in [6.45, 7) is 4.08. The first-order valence-electron chi connectivity index (χ1n) is 6.14. The van der Waals surface area contributed by atoms with Gasteiger partial charge in [-0.3, -0.25) is 0 Å². The summed E-state index contributed by atoms with van der Waals surface area (Å²) >= 11 is 1.50. The molecule has 0 aliphatic rings. The van der Waals surface area contributed by atoms with Gasteiger partial charge in [-0.1, -0.05) is 46.8 Å². The van der Waals surface area contributed by atoms with Gasteiger partial charge in [-0.05, 0) is 19.4 Å². The van der Waals surface area contributed by atoms with Gasteiger partial charge in [0, 0.05) is 0 Å². The van der Waals surface area contributed by atoms with E-state index < -0.39 is 0 Å². The second-order valence-electron chi connectivity index (χ2n) is 4.25. The van der Waals surface area contributed by atoms with Gasteiger partial charge in [0.05, 0.1) is 5.71 Å². The van der Waals surface area contributed by atoms with Crippen LogP contribution in [-0.2, 0) is 11.4 Å². The minimum atomic E-state index is 0.245. The number of oxime groups is 1. The lowest BCUT2D eigenvalue weighted by Gasteiger charge is -2.00. The lowest BCUT2D eigenvalue weighted by molar-refractivity contribution is 0.123. The highest BCUT2D eigenvalue weighted by Crippen LogP contribution is 2.13. The zero-order chi connectivity index (χ0) is 13.9. The molecule has 6 nitrogen and oxygen atoms in total. The van der Waals surface area contributed by atoms with Crippen LogP contribution in [0.5, 0.6) is 0 Å². The number of aromatic nitrogens is 4. The van der Waals surface area contributed by atoms with E-state index in [0.29, 0.717) is 5.82 Å². The second kappa shape index (κ2) is 5.38. The molecule has 0 saturated carbocycles. The molecule has 0 bridgehead atoms. The molecular formula is C13H13N5OS. The summed E-state index contributed by atoms with van der Waals surface area (Å²) in [5, 5.41) is 17.4. The minimum Gasteiger partial charge on any atom is -0.387 e. The van der Waals surface area contributed by atoms with Crippen LogP contribution in [0, 0.1) is 6.92 Å². The predicted octanol–water partition coefficient (Wildman–Crippen LogP) is 2.44. The topological polar surface area (TPSA) is 64.7 Å². The standard InChI is InChI=1S/C13H13N5OS/c1-9(11-6-4-3-5-7-11)17-19-8-12-14-15-13-18(12)16-10(2)20-13/h3-7H,8H2,1-2H3/b17-9+. The molecule has 0 amide bonds. The largest absolute Gasteiger partial charge is 0.387 e. The summed E-state index contributed by atoms with van der Waals surface area (Å²) in [6, 6.07) is 9.88. The highest BCUT2D eigenvalue weighted by atomic mass is 32.1. The van der Waals surface area contributed by atoms with Gasteiger partial charge in [-0.2, -0.15) is 9.61 Å². The van der Waals surface area contributed by atoms with E-state index in [4.69, 9.17) is 4.84 Å². The smallest absolute Gasteiger partial charge is 0.234 e.